The van der Waals surface area contributed by atoms with Gasteiger partial charge in [-0.3, -0.25) is 0 Å². The Morgan fingerprint density at radius 2 is 1.67 bits per heavy atom. The molecule has 0 aromatic rings. The van der Waals surface area contributed by atoms with Crippen LogP contribution in [0.1, 0.15) is 84.5 Å². The average molecular weight is 249 g/mol. The van der Waals surface area contributed by atoms with Crippen LogP contribution in [-0.2, 0) is 0 Å². The second-order valence-electron chi connectivity index (χ2n) is 8.18. The van der Waals surface area contributed by atoms with Crippen LogP contribution < -0.4 is 5.73 Å². The molecular formula is C17H31N. The Kier molecular flexibility index (Phi) is 3.05. The maximum absolute atomic E-state index is 6.77. The highest BCUT2D eigenvalue weighted by atomic mass is 14.8. The van der Waals surface area contributed by atoms with Crippen molar-refractivity contribution in [1.29, 1.82) is 0 Å². The first-order valence-corrected chi connectivity index (χ1v) is 8.32. The van der Waals surface area contributed by atoms with Gasteiger partial charge in [-0.25, -0.2) is 0 Å². The quantitative estimate of drug-likeness (QED) is 0.705. The molecule has 4 fully saturated rings. The van der Waals surface area contributed by atoms with Crippen LogP contribution in [-0.4, -0.2) is 5.54 Å². The molecule has 4 aliphatic carbocycles. The summed E-state index contributed by atoms with van der Waals surface area (Å²) < 4.78 is 0. The molecule has 0 radical (unpaired) electrons. The average Bonchev–Trinajstić information content (AvgIpc) is 2.26. The smallest absolute Gasteiger partial charge is 0.0167 e. The van der Waals surface area contributed by atoms with E-state index in [4.69, 9.17) is 5.73 Å². The molecule has 4 aliphatic rings. The van der Waals surface area contributed by atoms with E-state index in [1.165, 1.54) is 70.6 Å². The highest BCUT2D eigenvalue weighted by Gasteiger charge is 2.60. The van der Waals surface area contributed by atoms with Crippen LogP contribution in [0.3, 0.4) is 0 Å². The molecule has 0 aliphatic heterocycles. The summed E-state index contributed by atoms with van der Waals surface area (Å²) in [7, 11) is 0. The maximum atomic E-state index is 6.77. The van der Waals surface area contributed by atoms with Crippen molar-refractivity contribution < 1.29 is 0 Å². The largest absolute Gasteiger partial charge is 0.325 e. The van der Waals surface area contributed by atoms with E-state index in [0.29, 0.717) is 10.8 Å². The highest BCUT2D eigenvalue weighted by molar-refractivity contribution is 5.14. The zero-order valence-electron chi connectivity index (χ0n) is 12.4. The van der Waals surface area contributed by atoms with Gasteiger partial charge in [0.1, 0.15) is 0 Å². The molecule has 4 atom stereocenters. The Hall–Kier alpha value is -0.0400. The molecule has 104 valence electrons. The van der Waals surface area contributed by atoms with Crippen LogP contribution in [0.2, 0.25) is 0 Å². The van der Waals surface area contributed by atoms with E-state index in [1.54, 1.807) is 0 Å². The minimum atomic E-state index is 0.224. The molecule has 4 bridgehead atoms. The number of hydrogen-bond acceptors (Lipinski definition) is 1. The second kappa shape index (κ2) is 4.23. The molecule has 4 rings (SSSR count). The van der Waals surface area contributed by atoms with E-state index < -0.39 is 0 Å². The van der Waals surface area contributed by atoms with Gasteiger partial charge in [0.05, 0.1) is 0 Å². The topological polar surface area (TPSA) is 26.0 Å². The van der Waals surface area contributed by atoms with Crippen LogP contribution >= 0.6 is 0 Å². The minimum Gasteiger partial charge on any atom is -0.325 e. The van der Waals surface area contributed by atoms with Gasteiger partial charge < -0.3 is 5.73 Å². The van der Waals surface area contributed by atoms with E-state index in [9.17, 15) is 0 Å². The summed E-state index contributed by atoms with van der Waals surface area (Å²) in [6.45, 7) is 4.73. The zero-order valence-corrected chi connectivity index (χ0v) is 12.4. The van der Waals surface area contributed by atoms with Gasteiger partial charge in [0.15, 0.2) is 0 Å². The van der Waals surface area contributed by atoms with Gasteiger partial charge in [-0.05, 0) is 61.7 Å². The lowest BCUT2D eigenvalue weighted by atomic mass is 9.41. The van der Waals surface area contributed by atoms with E-state index in [2.05, 4.69) is 13.8 Å². The van der Waals surface area contributed by atoms with Gasteiger partial charge in [0.2, 0.25) is 0 Å². The Labute approximate surface area is 113 Å². The SMILES string of the molecule is CCCCCC12CC3CC(N)(CC(CC)(C3)C1)C2. The van der Waals surface area contributed by atoms with Gasteiger partial charge in [-0.1, -0.05) is 39.5 Å². The minimum absolute atomic E-state index is 0.224. The summed E-state index contributed by atoms with van der Waals surface area (Å²) in [5.74, 6) is 0.966. The molecule has 0 saturated heterocycles. The Bertz CT molecular complexity index is 326. The van der Waals surface area contributed by atoms with Crippen LogP contribution in [0.25, 0.3) is 0 Å². The molecule has 0 amide bonds. The molecule has 0 heterocycles. The molecular weight excluding hydrogens is 218 g/mol. The summed E-state index contributed by atoms with van der Waals surface area (Å²) >= 11 is 0. The summed E-state index contributed by atoms with van der Waals surface area (Å²) in [5, 5.41) is 0. The highest BCUT2D eigenvalue weighted by Crippen LogP contribution is 2.68. The van der Waals surface area contributed by atoms with E-state index in [0.717, 1.165) is 5.92 Å². The van der Waals surface area contributed by atoms with Gasteiger partial charge in [0.25, 0.3) is 0 Å². The van der Waals surface area contributed by atoms with Crippen LogP contribution in [0.4, 0.5) is 0 Å². The van der Waals surface area contributed by atoms with E-state index >= 15 is 0 Å². The molecule has 0 spiro atoms. The lowest BCUT2D eigenvalue weighted by Crippen LogP contribution is -2.63. The van der Waals surface area contributed by atoms with Crippen LogP contribution in [0.15, 0.2) is 0 Å². The monoisotopic (exact) mass is 249 g/mol. The summed E-state index contributed by atoms with van der Waals surface area (Å²) in [4.78, 5) is 0. The Balaban J connectivity index is 1.80. The van der Waals surface area contributed by atoms with Gasteiger partial charge in [-0.2, -0.15) is 0 Å². The van der Waals surface area contributed by atoms with Crippen LogP contribution in [0.5, 0.6) is 0 Å². The summed E-state index contributed by atoms with van der Waals surface area (Å²) in [5.41, 5.74) is 8.29. The van der Waals surface area contributed by atoms with E-state index in [-0.39, 0.29) is 5.54 Å². The molecule has 4 saturated carbocycles. The molecule has 1 nitrogen and oxygen atoms in total. The summed E-state index contributed by atoms with van der Waals surface area (Å²) in [6, 6.07) is 0. The fourth-order valence-electron chi connectivity index (χ4n) is 6.35. The molecule has 1 heteroatoms. The second-order valence-corrected chi connectivity index (χ2v) is 8.18. The summed E-state index contributed by atoms with van der Waals surface area (Å²) in [6.07, 6.45) is 15.6. The first kappa shape index (κ1) is 13.0. The number of unbranched alkanes of at least 4 members (excludes halogenated alkanes) is 2. The van der Waals surface area contributed by atoms with Crippen molar-refractivity contribution in [1.82, 2.24) is 0 Å². The fourth-order valence-corrected chi connectivity index (χ4v) is 6.35. The fraction of sp³-hybridized carbons (Fsp3) is 1.00. The lowest BCUT2D eigenvalue weighted by molar-refractivity contribution is -0.127. The van der Waals surface area contributed by atoms with Gasteiger partial charge in [-0.15, -0.1) is 0 Å². The molecule has 4 unspecified atom stereocenters. The van der Waals surface area contributed by atoms with Crippen molar-refractivity contribution in [3.63, 3.8) is 0 Å². The standard InChI is InChI=1S/C17H31N/c1-3-5-6-7-16-9-14-8-15(4-2,11-16)12-17(18,10-14)13-16/h14H,3-13,18H2,1-2H3. The number of hydrogen-bond donors (Lipinski definition) is 1. The first-order chi connectivity index (χ1) is 8.53. The number of nitrogens with two attached hydrogens (primary N) is 1. The first-order valence-electron chi connectivity index (χ1n) is 8.32. The van der Waals surface area contributed by atoms with Crippen molar-refractivity contribution in [3.05, 3.63) is 0 Å². The predicted octanol–water partition coefficient (Wildman–Crippen LogP) is 4.64. The molecule has 0 aromatic heterocycles. The van der Waals surface area contributed by atoms with E-state index in [1.807, 2.05) is 0 Å². The Morgan fingerprint density at radius 1 is 0.944 bits per heavy atom. The van der Waals surface area contributed by atoms with Crippen LogP contribution in [0, 0.1) is 16.7 Å². The molecule has 0 aromatic carbocycles. The third-order valence-electron chi connectivity index (χ3n) is 6.40. The van der Waals surface area contributed by atoms with Gasteiger partial charge >= 0.3 is 0 Å². The normalized spacial score (nSPS) is 49.8. The lowest BCUT2D eigenvalue weighted by Gasteiger charge is -2.66. The Morgan fingerprint density at radius 3 is 2.33 bits per heavy atom. The maximum Gasteiger partial charge on any atom is 0.0167 e. The zero-order chi connectivity index (χ0) is 12.9. The third kappa shape index (κ3) is 2.03. The van der Waals surface area contributed by atoms with Crippen molar-refractivity contribution in [2.75, 3.05) is 0 Å². The van der Waals surface area contributed by atoms with Crippen molar-refractivity contribution in [2.45, 2.75) is 90.0 Å². The van der Waals surface area contributed by atoms with Crippen molar-refractivity contribution in [3.8, 4) is 0 Å². The predicted molar refractivity (Wildman–Crippen MR) is 77.4 cm³/mol. The third-order valence-corrected chi connectivity index (χ3v) is 6.40. The number of rotatable bonds is 5. The molecule has 2 N–H and O–H groups in total. The van der Waals surface area contributed by atoms with Gasteiger partial charge in [0, 0.05) is 5.54 Å². The van der Waals surface area contributed by atoms with Crippen molar-refractivity contribution in [2.24, 2.45) is 22.5 Å². The molecule has 18 heavy (non-hydrogen) atoms. The van der Waals surface area contributed by atoms with Crippen molar-refractivity contribution >= 4 is 0 Å².